The number of nitrogens with one attached hydrogen (secondary N) is 1. The van der Waals surface area contributed by atoms with Crippen molar-refractivity contribution in [3.8, 4) is 11.1 Å². The molecule has 0 aromatic heterocycles. The van der Waals surface area contributed by atoms with Crippen molar-refractivity contribution in [1.82, 2.24) is 15.1 Å². The van der Waals surface area contributed by atoms with E-state index in [2.05, 4.69) is 19.2 Å². The highest BCUT2D eigenvalue weighted by atomic mass is 16.2. The molecule has 0 radical (unpaired) electrons. The maximum Gasteiger partial charge on any atom is 0.261 e. The number of unbranched alkanes of at least 4 members (excludes halogenated alkanes) is 18. The number of carbonyl (C=O) groups excluding carboxylic acids is 6. The largest absolute Gasteiger partial charge is 0.288 e. The van der Waals surface area contributed by atoms with Crippen LogP contribution in [0.2, 0.25) is 0 Å². The van der Waals surface area contributed by atoms with Crippen LogP contribution in [0.15, 0.2) is 48.6 Å². The lowest BCUT2D eigenvalue weighted by molar-refractivity contribution is -0.136. The highest BCUT2D eigenvalue weighted by molar-refractivity contribution is 6.23. The van der Waals surface area contributed by atoms with Crippen molar-refractivity contribution in [1.29, 1.82) is 0 Å². The lowest BCUT2D eigenvalue weighted by Crippen LogP contribution is -2.35. The fraction of sp³-hybridized carbons (Fsp3) is 0.643. The molecular weight excluding hydrogens is 811 g/mol. The predicted molar refractivity (Wildman–Crippen MR) is 259 cm³/mol. The molecule has 1 N–H and O–H groups in total. The fourth-order valence-electron chi connectivity index (χ4n) is 11.6. The lowest BCUT2D eigenvalue weighted by atomic mass is 9.61. The average Bonchev–Trinajstić information content (AvgIpc) is 3.88. The van der Waals surface area contributed by atoms with E-state index in [1.54, 1.807) is 36.4 Å². The minimum absolute atomic E-state index is 0.167. The zero-order chi connectivity index (χ0) is 46.0. The highest BCUT2D eigenvalue weighted by Gasteiger charge is 2.38. The van der Waals surface area contributed by atoms with E-state index in [1.807, 2.05) is 0 Å². The number of nitrogens with zero attached hydrogens (tertiary/aromatic N) is 2. The van der Waals surface area contributed by atoms with Gasteiger partial charge in [-0.2, -0.15) is 0 Å². The Kier molecular flexibility index (Phi) is 20.1. The molecule has 1 saturated carbocycles. The number of amides is 6. The van der Waals surface area contributed by atoms with E-state index < -0.39 is 11.8 Å². The summed E-state index contributed by atoms with van der Waals surface area (Å²) in [6, 6.07) is 10.3. The van der Waals surface area contributed by atoms with E-state index in [0.717, 1.165) is 66.9 Å². The van der Waals surface area contributed by atoms with E-state index in [4.69, 9.17) is 0 Å². The van der Waals surface area contributed by atoms with Crippen molar-refractivity contribution in [3.05, 3.63) is 70.8 Å². The van der Waals surface area contributed by atoms with Gasteiger partial charge < -0.3 is 0 Å². The van der Waals surface area contributed by atoms with Gasteiger partial charge in [0.05, 0.1) is 22.3 Å². The summed E-state index contributed by atoms with van der Waals surface area (Å²) in [5.41, 5.74) is 2.93. The van der Waals surface area contributed by atoms with Crippen LogP contribution in [-0.4, -0.2) is 58.3 Å². The van der Waals surface area contributed by atoms with Gasteiger partial charge in [-0.1, -0.05) is 167 Å². The van der Waals surface area contributed by atoms with Gasteiger partial charge in [-0.05, 0) is 97.6 Å². The first-order valence-electron chi connectivity index (χ1n) is 26.3. The molecule has 0 spiro atoms. The normalized spacial score (nSPS) is 20.4. The van der Waals surface area contributed by atoms with Crippen LogP contribution in [0.4, 0.5) is 0 Å². The lowest BCUT2D eigenvalue weighted by Gasteiger charge is -2.44. The number of benzene rings is 2. The van der Waals surface area contributed by atoms with Crippen molar-refractivity contribution in [2.75, 3.05) is 13.1 Å². The summed E-state index contributed by atoms with van der Waals surface area (Å²) in [4.78, 5) is 77.6. The molecule has 4 unspecified atom stereocenters. The number of fused-ring (bicyclic) bond motifs is 2. The molecule has 6 amide bonds. The quantitative estimate of drug-likeness (QED) is 0.0594. The summed E-state index contributed by atoms with van der Waals surface area (Å²) in [7, 11) is 0. The Morgan fingerprint density at radius 2 is 0.831 bits per heavy atom. The molecule has 3 heterocycles. The molecule has 1 aliphatic carbocycles. The molecule has 0 saturated heterocycles. The molecule has 2 aromatic rings. The first kappa shape index (κ1) is 50.0. The monoisotopic (exact) mass is 890 g/mol. The van der Waals surface area contributed by atoms with Crippen LogP contribution < -0.4 is 5.32 Å². The van der Waals surface area contributed by atoms with Crippen LogP contribution >= 0.6 is 0 Å². The van der Waals surface area contributed by atoms with Gasteiger partial charge in [0.15, 0.2) is 0 Å². The topological polar surface area (TPSA) is 121 Å². The van der Waals surface area contributed by atoms with Gasteiger partial charge in [0.25, 0.3) is 35.4 Å². The molecule has 9 nitrogen and oxygen atoms in total. The number of carbonyl (C=O) groups is 6. The van der Waals surface area contributed by atoms with Crippen molar-refractivity contribution < 1.29 is 28.8 Å². The molecule has 1 fully saturated rings. The second-order valence-corrected chi connectivity index (χ2v) is 19.9. The zero-order valence-electron chi connectivity index (χ0n) is 40.0. The molecule has 4 aliphatic rings. The van der Waals surface area contributed by atoms with Crippen LogP contribution in [-0.2, 0) is 9.59 Å². The summed E-state index contributed by atoms with van der Waals surface area (Å²) < 4.78 is 0. The van der Waals surface area contributed by atoms with E-state index in [9.17, 15) is 28.8 Å². The number of hydrogen-bond donors (Lipinski definition) is 1. The predicted octanol–water partition coefficient (Wildman–Crippen LogP) is 13.2. The summed E-state index contributed by atoms with van der Waals surface area (Å²) in [6.45, 7) is 5.58. The second-order valence-electron chi connectivity index (χ2n) is 19.9. The average molecular weight is 890 g/mol. The van der Waals surface area contributed by atoms with Crippen LogP contribution in [0, 0.1) is 23.7 Å². The number of rotatable bonds is 31. The molecule has 0 bridgehead atoms. The van der Waals surface area contributed by atoms with Crippen LogP contribution in [0.5, 0.6) is 0 Å². The molecule has 3 aliphatic heterocycles. The first-order valence-corrected chi connectivity index (χ1v) is 26.3. The smallest absolute Gasteiger partial charge is 0.261 e. The molecule has 2 aromatic carbocycles. The van der Waals surface area contributed by atoms with Crippen LogP contribution in [0.3, 0.4) is 0 Å². The zero-order valence-corrected chi connectivity index (χ0v) is 40.0. The third-order valence-corrected chi connectivity index (χ3v) is 15.3. The maximum absolute atomic E-state index is 13.5. The molecule has 65 heavy (non-hydrogen) atoms. The third-order valence-electron chi connectivity index (χ3n) is 15.3. The standard InChI is InChI=1S/C56H79N3O6/c1-3-5-7-9-15-21-27-45-41(25-19-8-6-4-2)29-30-42(46(45)28-22-16-11-13-17-23-37-58-51(60)35-36-52(58)61)26-20-14-10-12-18-24-38-59-55(64)48-34-32-44(40-50(48)56(59)65)43-31-33-47-49(39-43)54(63)57-53(47)62/h31-36,39-42,45-46H,3-30,37-38H2,1-2H3,(H,57,62,63). The molecule has 4 atom stereocenters. The van der Waals surface area contributed by atoms with Crippen molar-refractivity contribution in [2.45, 2.75) is 194 Å². The maximum atomic E-state index is 13.5. The Balaban J connectivity index is 0.943. The summed E-state index contributed by atoms with van der Waals surface area (Å²) in [6.07, 6.45) is 38.3. The van der Waals surface area contributed by atoms with E-state index >= 15 is 0 Å². The van der Waals surface area contributed by atoms with Gasteiger partial charge in [0, 0.05) is 25.2 Å². The van der Waals surface area contributed by atoms with E-state index in [-0.39, 0.29) is 23.6 Å². The Labute approximate surface area is 390 Å². The van der Waals surface area contributed by atoms with Gasteiger partial charge in [-0.3, -0.25) is 43.9 Å². The van der Waals surface area contributed by atoms with Gasteiger partial charge in [-0.25, -0.2) is 0 Å². The summed E-state index contributed by atoms with van der Waals surface area (Å²) in [5.74, 6) is 1.77. The van der Waals surface area contributed by atoms with Gasteiger partial charge in [0.2, 0.25) is 0 Å². The van der Waals surface area contributed by atoms with Gasteiger partial charge >= 0.3 is 0 Å². The van der Waals surface area contributed by atoms with E-state index in [1.165, 1.54) is 170 Å². The van der Waals surface area contributed by atoms with Crippen LogP contribution in [0.1, 0.15) is 235 Å². The number of hydrogen-bond acceptors (Lipinski definition) is 6. The van der Waals surface area contributed by atoms with Crippen molar-refractivity contribution >= 4 is 35.4 Å². The minimum Gasteiger partial charge on any atom is -0.288 e. The SMILES string of the molecule is CCCCCCCCC1C(CCCCCC)CCC(CCCCCCCCN2C(=O)c3ccc(-c4ccc5c(c4)C(=O)NC5=O)cc3C2=O)C1CCCCCCCCN1C(=O)C=CC1=O. The minimum atomic E-state index is -0.424. The first-order chi connectivity index (χ1) is 31.7. The third kappa shape index (κ3) is 13.8. The second kappa shape index (κ2) is 26.1. The summed E-state index contributed by atoms with van der Waals surface area (Å²) in [5, 5.41) is 2.32. The van der Waals surface area contributed by atoms with Gasteiger partial charge in [-0.15, -0.1) is 0 Å². The number of imide groups is 3. The Bertz CT molecular complexity index is 1950. The van der Waals surface area contributed by atoms with E-state index in [0.29, 0.717) is 35.3 Å². The molecule has 6 rings (SSSR count). The Hall–Kier alpha value is -4.40. The Morgan fingerprint density at radius 3 is 1.37 bits per heavy atom. The molecule has 354 valence electrons. The fourth-order valence-corrected chi connectivity index (χ4v) is 11.6. The van der Waals surface area contributed by atoms with Crippen molar-refractivity contribution in [3.63, 3.8) is 0 Å². The Morgan fingerprint density at radius 1 is 0.431 bits per heavy atom. The molecule has 9 heteroatoms. The highest BCUT2D eigenvalue weighted by Crippen LogP contribution is 2.48. The van der Waals surface area contributed by atoms with Crippen molar-refractivity contribution in [2.24, 2.45) is 23.7 Å². The summed E-state index contributed by atoms with van der Waals surface area (Å²) >= 11 is 0. The van der Waals surface area contributed by atoms with Crippen LogP contribution in [0.25, 0.3) is 11.1 Å². The molecular formula is C56H79N3O6. The van der Waals surface area contributed by atoms with Gasteiger partial charge in [0.1, 0.15) is 0 Å².